The molecule has 66 valence electrons. The minimum Gasteiger partial charge on any atom is -0.507 e. The molecule has 0 saturated heterocycles. The average Bonchev–Trinajstić information content (AvgIpc) is 2.05. The van der Waals surface area contributed by atoms with Gasteiger partial charge in [-0.1, -0.05) is 30.3 Å². The molecule has 3 heteroatoms. The van der Waals surface area contributed by atoms with Crippen molar-refractivity contribution in [3.63, 3.8) is 0 Å². The van der Waals surface area contributed by atoms with Crippen molar-refractivity contribution in [2.75, 3.05) is 0 Å². The van der Waals surface area contributed by atoms with Gasteiger partial charge in [0.05, 0.1) is 0 Å². The Bertz CT molecular complexity index is 304. The van der Waals surface area contributed by atoms with E-state index in [1.807, 2.05) is 6.07 Å². The number of ketones is 1. The quantitative estimate of drug-likeness (QED) is 0.671. The van der Waals surface area contributed by atoms with E-state index in [2.05, 4.69) is 0 Å². The molecule has 0 aliphatic rings. The molecule has 0 aliphatic carbocycles. The molecule has 1 N–H and O–H groups in total. The molecule has 1 aromatic rings. The predicted octanol–water partition coefficient (Wildman–Crippen LogP) is 2.17. The largest absolute Gasteiger partial charge is 0.507 e. The van der Waals surface area contributed by atoms with Crippen molar-refractivity contribution < 1.29 is 51.6 Å². The zero-order valence-electron chi connectivity index (χ0n) is 7.32. The number of rotatable bonds is 2. The molecule has 1 rings (SSSR count). The van der Waals surface area contributed by atoms with Crippen LogP contribution in [0.4, 0.5) is 0 Å². The first-order valence-corrected chi connectivity index (χ1v) is 3.67. The second-order valence-corrected chi connectivity index (χ2v) is 2.51. The van der Waals surface area contributed by atoms with Crippen molar-refractivity contribution in [1.29, 1.82) is 0 Å². The number of aliphatic hydroxyl groups excluding tert-OH is 1. The van der Waals surface area contributed by atoms with E-state index in [0.717, 1.165) is 0 Å². The number of benzene rings is 1. The first-order chi connectivity index (χ1) is 5.70. The summed E-state index contributed by atoms with van der Waals surface area (Å²) in [5.74, 6) is -0.139. The number of hydrogen-bond acceptors (Lipinski definition) is 2. The van der Waals surface area contributed by atoms with Crippen molar-refractivity contribution in [2.45, 2.75) is 6.92 Å². The minimum absolute atomic E-state index is 0. The van der Waals surface area contributed by atoms with Gasteiger partial charge in [0, 0.05) is 53.4 Å². The smallest absolute Gasteiger partial charge is 0.156 e. The Balaban J connectivity index is 0.00000144. The number of carbonyl (C=O) groups excluding carboxylic acids is 1. The molecule has 0 atom stereocenters. The summed E-state index contributed by atoms with van der Waals surface area (Å²) in [6, 6.07) is 8.95. The van der Waals surface area contributed by atoms with Crippen LogP contribution in [0.3, 0.4) is 0 Å². The standard InChI is InChI=1S/C10H10O2.Ce/c1-8(11)7-10(12)9-5-3-2-4-6-9;/h2-7,12H,1H3;/b10-7-;. The third-order valence-electron chi connectivity index (χ3n) is 1.41. The minimum atomic E-state index is -0.156. The van der Waals surface area contributed by atoms with Gasteiger partial charge in [-0.2, -0.15) is 0 Å². The Morgan fingerprint density at radius 3 is 2.31 bits per heavy atom. The van der Waals surface area contributed by atoms with Crippen LogP contribution in [-0.4, -0.2) is 10.9 Å². The fourth-order valence-electron chi connectivity index (χ4n) is 0.885. The molecule has 0 bridgehead atoms. The van der Waals surface area contributed by atoms with Gasteiger partial charge in [0.2, 0.25) is 0 Å². The second kappa shape index (κ2) is 6.29. The Hall–Kier alpha value is -0.193. The first kappa shape index (κ1) is 12.8. The number of allylic oxidation sites excluding steroid dienone is 1. The van der Waals surface area contributed by atoms with Crippen molar-refractivity contribution in [1.82, 2.24) is 0 Å². The van der Waals surface area contributed by atoms with Crippen molar-refractivity contribution in [2.24, 2.45) is 0 Å². The molecule has 0 spiro atoms. The topological polar surface area (TPSA) is 37.3 Å². The van der Waals surface area contributed by atoms with Crippen LogP contribution in [0, 0.1) is 41.7 Å². The average molecular weight is 302 g/mol. The molecule has 13 heavy (non-hydrogen) atoms. The summed E-state index contributed by atoms with van der Waals surface area (Å²) in [6.45, 7) is 1.40. The van der Waals surface area contributed by atoms with Crippen LogP contribution in [0.15, 0.2) is 36.4 Å². The van der Waals surface area contributed by atoms with E-state index >= 15 is 0 Å². The van der Waals surface area contributed by atoms with Crippen LogP contribution < -0.4 is 0 Å². The summed E-state index contributed by atoms with van der Waals surface area (Å²) in [5, 5.41) is 9.33. The molecule has 0 heterocycles. The summed E-state index contributed by atoms with van der Waals surface area (Å²) < 4.78 is 0. The van der Waals surface area contributed by atoms with E-state index < -0.39 is 0 Å². The normalized spacial score (nSPS) is 10.4. The van der Waals surface area contributed by atoms with Crippen LogP contribution >= 0.6 is 0 Å². The van der Waals surface area contributed by atoms with E-state index in [9.17, 15) is 9.90 Å². The zero-order valence-corrected chi connectivity index (χ0v) is 10.5. The van der Waals surface area contributed by atoms with Crippen molar-refractivity contribution in [3.05, 3.63) is 42.0 Å². The molecule has 0 fully saturated rings. The molecule has 0 unspecified atom stereocenters. The fourth-order valence-corrected chi connectivity index (χ4v) is 0.885. The monoisotopic (exact) mass is 302 g/mol. The van der Waals surface area contributed by atoms with Crippen molar-refractivity contribution >= 4 is 11.5 Å². The number of carbonyl (C=O) groups is 1. The molecule has 0 saturated carbocycles. The van der Waals surface area contributed by atoms with Crippen LogP contribution in [0.2, 0.25) is 0 Å². The van der Waals surface area contributed by atoms with E-state index in [-0.39, 0.29) is 53.3 Å². The van der Waals surface area contributed by atoms with E-state index in [4.69, 9.17) is 0 Å². The molecular weight excluding hydrogens is 292 g/mol. The summed E-state index contributed by atoms with van der Waals surface area (Å²) in [7, 11) is 0. The van der Waals surface area contributed by atoms with Crippen LogP contribution in [0.5, 0.6) is 0 Å². The van der Waals surface area contributed by atoms with Gasteiger partial charge in [-0.15, -0.1) is 0 Å². The SMILES string of the molecule is CC(=O)/C=C(\O)c1ccccc1.[Ce]. The van der Waals surface area contributed by atoms with Crippen LogP contribution in [0.25, 0.3) is 5.76 Å². The van der Waals surface area contributed by atoms with Gasteiger partial charge in [-0.25, -0.2) is 0 Å². The van der Waals surface area contributed by atoms with Gasteiger partial charge < -0.3 is 5.11 Å². The maximum Gasteiger partial charge on any atom is 0.156 e. The van der Waals surface area contributed by atoms with Gasteiger partial charge in [0.1, 0.15) is 5.76 Å². The van der Waals surface area contributed by atoms with Crippen LogP contribution in [0.1, 0.15) is 12.5 Å². The Kier molecular flexibility index (Phi) is 6.20. The molecule has 0 aromatic heterocycles. The van der Waals surface area contributed by atoms with E-state index in [1.54, 1.807) is 24.3 Å². The van der Waals surface area contributed by atoms with Gasteiger partial charge in [-0.3, -0.25) is 4.79 Å². The third kappa shape index (κ3) is 4.54. The third-order valence-corrected chi connectivity index (χ3v) is 1.41. The van der Waals surface area contributed by atoms with Crippen LogP contribution in [-0.2, 0) is 4.79 Å². The molecule has 1 aromatic carbocycles. The van der Waals surface area contributed by atoms with Gasteiger partial charge >= 0.3 is 0 Å². The predicted molar refractivity (Wildman–Crippen MR) is 47.7 cm³/mol. The number of aliphatic hydroxyl groups is 1. The van der Waals surface area contributed by atoms with Gasteiger partial charge in [0.15, 0.2) is 5.78 Å². The first-order valence-electron chi connectivity index (χ1n) is 3.67. The second-order valence-electron chi connectivity index (χ2n) is 2.51. The zero-order chi connectivity index (χ0) is 8.97. The molecule has 0 radical (unpaired) electrons. The summed E-state index contributed by atoms with van der Waals surface area (Å²) in [6.07, 6.45) is 1.20. The fraction of sp³-hybridized carbons (Fsp3) is 0.100. The summed E-state index contributed by atoms with van der Waals surface area (Å²) in [5.41, 5.74) is 0.660. The Morgan fingerprint density at radius 1 is 1.31 bits per heavy atom. The maximum absolute atomic E-state index is 10.6. The molecule has 2 nitrogen and oxygen atoms in total. The maximum atomic E-state index is 10.6. The number of hydrogen-bond donors (Lipinski definition) is 1. The Labute approximate surface area is 111 Å². The summed E-state index contributed by atoms with van der Waals surface area (Å²) in [4.78, 5) is 10.6. The summed E-state index contributed by atoms with van der Waals surface area (Å²) >= 11 is 0. The van der Waals surface area contributed by atoms with Gasteiger partial charge in [0.25, 0.3) is 0 Å². The van der Waals surface area contributed by atoms with E-state index in [1.165, 1.54) is 13.0 Å². The van der Waals surface area contributed by atoms with Crippen molar-refractivity contribution in [3.8, 4) is 0 Å². The molecule has 0 amide bonds. The molecular formula is C10H10CeO2. The Morgan fingerprint density at radius 2 is 1.85 bits per heavy atom. The van der Waals surface area contributed by atoms with E-state index in [0.29, 0.717) is 5.56 Å². The molecule has 0 aliphatic heterocycles. The van der Waals surface area contributed by atoms with Gasteiger partial charge in [-0.05, 0) is 6.92 Å².